The lowest BCUT2D eigenvalue weighted by Crippen LogP contribution is -2.26. The van der Waals surface area contributed by atoms with Crippen LogP contribution in [0.1, 0.15) is 39.3 Å². The van der Waals surface area contributed by atoms with E-state index < -0.39 is 0 Å². The van der Waals surface area contributed by atoms with Crippen molar-refractivity contribution in [2.45, 2.75) is 26.8 Å². The lowest BCUT2D eigenvalue weighted by Gasteiger charge is -2.07. The fourth-order valence-electron chi connectivity index (χ4n) is 4.52. The number of carbonyl (C=O) groups excluding carboxylic acids is 2. The summed E-state index contributed by atoms with van der Waals surface area (Å²) in [6.45, 7) is 5.15. The molecule has 2 aromatic heterocycles. The first-order valence-electron chi connectivity index (χ1n) is 11.7. The zero-order valence-corrected chi connectivity index (χ0v) is 19.8. The van der Waals surface area contributed by atoms with E-state index in [-0.39, 0.29) is 11.8 Å². The third kappa shape index (κ3) is 4.53. The highest BCUT2D eigenvalue weighted by molar-refractivity contribution is 6.35. The number of rotatable bonds is 7. The molecule has 0 atom stereocenters. The summed E-state index contributed by atoms with van der Waals surface area (Å²) in [5.41, 5.74) is 7.33. The fourth-order valence-corrected chi connectivity index (χ4v) is 4.52. The van der Waals surface area contributed by atoms with Crippen LogP contribution < -0.4 is 10.6 Å². The summed E-state index contributed by atoms with van der Waals surface area (Å²) in [4.78, 5) is 33.1. The number of hydrogen-bond donors (Lipinski definition) is 3. The van der Waals surface area contributed by atoms with Crippen LogP contribution in [-0.4, -0.2) is 32.9 Å². The standard InChI is InChI=1S/C28H27N5O2/c1-18-25(31-19(2)26(18)28(35)30-11-6-13-33-14-12-29-17-33)16-23-22-15-21(20-7-4-3-5-8-20)9-10-24(22)32-27(23)34/h3-5,7-10,12,14-17,31H,6,11,13H2,1-2H3,(H,30,35)(H,32,34). The van der Waals surface area contributed by atoms with Gasteiger partial charge in [-0.15, -0.1) is 0 Å². The van der Waals surface area contributed by atoms with Crippen LogP contribution in [-0.2, 0) is 11.3 Å². The zero-order valence-electron chi connectivity index (χ0n) is 19.8. The van der Waals surface area contributed by atoms with Crippen molar-refractivity contribution < 1.29 is 9.59 Å². The minimum Gasteiger partial charge on any atom is -0.358 e. The number of nitrogens with one attached hydrogen (secondary N) is 3. The van der Waals surface area contributed by atoms with E-state index in [0.717, 1.165) is 52.3 Å². The van der Waals surface area contributed by atoms with Crippen molar-refractivity contribution in [3.8, 4) is 11.1 Å². The van der Waals surface area contributed by atoms with E-state index in [4.69, 9.17) is 0 Å². The van der Waals surface area contributed by atoms with E-state index in [2.05, 4.69) is 20.6 Å². The summed E-state index contributed by atoms with van der Waals surface area (Å²) in [6.07, 6.45) is 8.06. The number of nitrogens with zero attached hydrogens (tertiary/aromatic N) is 2. The van der Waals surface area contributed by atoms with Gasteiger partial charge in [-0.25, -0.2) is 4.98 Å². The highest BCUT2D eigenvalue weighted by Crippen LogP contribution is 2.36. The zero-order chi connectivity index (χ0) is 24.4. The number of aryl methyl sites for hydroxylation is 2. The van der Waals surface area contributed by atoms with Crippen molar-refractivity contribution in [3.63, 3.8) is 0 Å². The first kappa shape index (κ1) is 22.4. The summed E-state index contributed by atoms with van der Waals surface area (Å²) in [5.74, 6) is -0.267. The molecule has 4 aromatic rings. The summed E-state index contributed by atoms with van der Waals surface area (Å²) in [6, 6.07) is 16.1. The minimum atomic E-state index is -0.151. The van der Waals surface area contributed by atoms with Gasteiger partial charge in [0.15, 0.2) is 0 Å². The van der Waals surface area contributed by atoms with Crippen LogP contribution in [0.15, 0.2) is 67.3 Å². The normalized spacial score (nSPS) is 13.7. The molecule has 7 nitrogen and oxygen atoms in total. The van der Waals surface area contributed by atoms with E-state index >= 15 is 0 Å². The number of aromatic nitrogens is 3. The van der Waals surface area contributed by atoms with Gasteiger partial charge in [-0.3, -0.25) is 9.59 Å². The van der Waals surface area contributed by atoms with E-state index in [1.54, 1.807) is 12.5 Å². The molecule has 3 N–H and O–H groups in total. The summed E-state index contributed by atoms with van der Waals surface area (Å²) in [5, 5.41) is 5.96. The smallest absolute Gasteiger partial charge is 0.256 e. The monoisotopic (exact) mass is 465 g/mol. The topological polar surface area (TPSA) is 91.8 Å². The third-order valence-corrected chi connectivity index (χ3v) is 6.34. The molecule has 0 aliphatic carbocycles. The van der Waals surface area contributed by atoms with Gasteiger partial charge in [-0.05, 0) is 55.2 Å². The van der Waals surface area contributed by atoms with Crippen LogP contribution in [0.5, 0.6) is 0 Å². The van der Waals surface area contributed by atoms with Crippen LogP contribution in [0.4, 0.5) is 5.69 Å². The second-order valence-corrected chi connectivity index (χ2v) is 8.71. The number of fused-ring (bicyclic) bond motifs is 1. The predicted molar refractivity (Wildman–Crippen MR) is 138 cm³/mol. The van der Waals surface area contributed by atoms with Gasteiger partial charge in [0.1, 0.15) is 0 Å². The molecule has 0 unspecified atom stereocenters. The molecule has 1 aliphatic heterocycles. The van der Waals surface area contributed by atoms with E-state index in [9.17, 15) is 9.59 Å². The van der Waals surface area contributed by atoms with Crippen LogP contribution in [0, 0.1) is 13.8 Å². The molecule has 35 heavy (non-hydrogen) atoms. The molecule has 176 valence electrons. The number of hydrogen-bond acceptors (Lipinski definition) is 3. The number of imidazole rings is 1. The first-order chi connectivity index (χ1) is 17.0. The van der Waals surface area contributed by atoms with Gasteiger partial charge in [0.25, 0.3) is 11.8 Å². The van der Waals surface area contributed by atoms with Gasteiger partial charge in [0.05, 0.1) is 17.5 Å². The molecule has 7 heteroatoms. The second-order valence-electron chi connectivity index (χ2n) is 8.71. The summed E-state index contributed by atoms with van der Waals surface area (Å²) in [7, 11) is 0. The molecule has 2 amide bonds. The minimum absolute atomic E-state index is 0.117. The van der Waals surface area contributed by atoms with E-state index in [1.807, 2.05) is 79.2 Å². The maximum Gasteiger partial charge on any atom is 0.256 e. The van der Waals surface area contributed by atoms with Crippen molar-refractivity contribution in [1.82, 2.24) is 19.9 Å². The number of carbonyl (C=O) groups is 2. The maximum atomic E-state index is 12.9. The van der Waals surface area contributed by atoms with Crippen LogP contribution in [0.3, 0.4) is 0 Å². The molecule has 0 saturated carbocycles. The Morgan fingerprint density at radius 2 is 1.94 bits per heavy atom. The van der Waals surface area contributed by atoms with Crippen molar-refractivity contribution in [2.24, 2.45) is 0 Å². The van der Waals surface area contributed by atoms with E-state index in [1.165, 1.54) is 0 Å². The van der Waals surface area contributed by atoms with E-state index in [0.29, 0.717) is 17.7 Å². The molecular weight excluding hydrogens is 438 g/mol. The van der Waals surface area contributed by atoms with Crippen LogP contribution >= 0.6 is 0 Å². The molecule has 1 aliphatic rings. The summed E-state index contributed by atoms with van der Waals surface area (Å²) >= 11 is 0. The molecule has 2 aromatic carbocycles. The Morgan fingerprint density at radius 3 is 2.71 bits per heavy atom. The molecular formula is C28H27N5O2. The maximum absolute atomic E-state index is 12.9. The Balaban J connectivity index is 1.37. The van der Waals surface area contributed by atoms with Crippen molar-refractivity contribution in [3.05, 3.63) is 95.3 Å². The van der Waals surface area contributed by atoms with Gasteiger partial charge < -0.3 is 20.2 Å². The number of H-pyrrole nitrogens is 1. The molecule has 0 bridgehead atoms. The Labute approximate surface area is 203 Å². The number of aromatic amines is 1. The Morgan fingerprint density at radius 1 is 1.11 bits per heavy atom. The Bertz CT molecular complexity index is 1420. The first-order valence-corrected chi connectivity index (χ1v) is 11.7. The van der Waals surface area contributed by atoms with Gasteiger partial charge in [-0.1, -0.05) is 36.4 Å². The second kappa shape index (κ2) is 9.46. The Kier molecular flexibility index (Phi) is 6.06. The van der Waals surface area contributed by atoms with Crippen LogP contribution in [0.2, 0.25) is 0 Å². The molecule has 0 fully saturated rings. The molecule has 5 rings (SSSR count). The number of anilines is 1. The highest BCUT2D eigenvalue weighted by atomic mass is 16.2. The van der Waals surface area contributed by atoms with Gasteiger partial charge >= 0.3 is 0 Å². The highest BCUT2D eigenvalue weighted by Gasteiger charge is 2.26. The quantitative estimate of drug-likeness (QED) is 0.270. The molecule has 0 radical (unpaired) electrons. The fraction of sp³-hybridized carbons (Fsp3) is 0.179. The van der Waals surface area contributed by atoms with Gasteiger partial charge in [0, 0.05) is 48.1 Å². The van der Waals surface area contributed by atoms with Gasteiger partial charge in [0.2, 0.25) is 0 Å². The lowest BCUT2D eigenvalue weighted by molar-refractivity contribution is -0.110. The molecule has 0 spiro atoms. The SMILES string of the molecule is Cc1[nH]c(C=C2C(=O)Nc3ccc(-c4ccccc4)cc32)c(C)c1C(=O)NCCCn1ccnc1. The largest absolute Gasteiger partial charge is 0.358 e. The van der Waals surface area contributed by atoms with Crippen molar-refractivity contribution >= 4 is 29.2 Å². The third-order valence-electron chi connectivity index (χ3n) is 6.34. The Hall–Kier alpha value is -4.39. The van der Waals surface area contributed by atoms with Crippen LogP contribution in [0.25, 0.3) is 22.8 Å². The predicted octanol–water partition coefficient (Wildman–Crippen LogP) is 4.81. The van der Waals surface area contributed by atoms with Crippen molar-refractivity contribution in [1.29, 1.82) is 0 Å². The van der Waals surface area contributed by atoms with Crippen molar-refractivity contribution in [2.75, 3.05) is 11.9 Å². The number of benzene rings is 2. The summed E-state index contributed by atoms with van der Waals surface area (Å²) < 4.78 is 1.98. The van der Waals surface area contributed by atoms with Gasteiger partial charge in [-0.2, -0.15) is 0 Å². The lowest BCUT2D eigenvalue weighted by atomic mass is 9.98. The average Bonchev–Trinajstić information content (AvgIpc) is 3.56. The molecule has 3 heterocycles. The molecule has 0 saturated heterocycles. The number of amides is 2. The average molecular weight is 466 g/mol.